The number of morpholine rings is 1. The minimum atomic E-state index is -0.881. The lowest BCUT2D eigenvalue weighted by Gasteiger charge is -2.38. The number of nitrogens with zero attached hydrogens (tertiary/aromatic N) is 5. The molecule has 0 atom stereocenters. The second-order valence-electron chi connectivity index (χ2n) is 9.67. The number of guanidine groups is 1. The summed E-state index contributed by atoms with van der Waals surface area (Å²) >= 11 is 0. The first-order valence-electron chi connectivity index (χ1n) is 12.4. The van der Waals surface area contributed by atoms with E-state index in [0.29, 0.717) is 77.7 Å². The van der Waals surface area contributed by atoms with Crippen LogP contribution < -0.4 is 10.6 Å². The molecule has 36 heavy (non-hydrogen) atoms. The lowest BCUT2D eigenvalue weighted by atomic mass is 9.92. The number of amides is 1. The molecule has 2 aromatic carbocycles. The predicted octanol–water partition coefficient (Wildman–Crippen LogP) is 0.780. The molecule has 6 rings (SSSR count). The standard InChI is InChI=1S/C26H28FN5O4/c27-17-1-2-18-20(15-17)21-19(3-6-28-24(21)33)23-22(18)29-25(30-23)32-7-4-26(34,5-8-32)16-36-14-11-31-9-12-35-13-10-31/h1-3,6,15,34H,4-5,7-14,16H2. The van der Waals surface area contributed by atoms with Crippen LogP contribution in [0, 0.1) is 5.82 Å². The SMILES string of the molecule is O=C1N=CC=c2c1c1cc(F)ccc1c1c2=NC(N2CCC(O)(COCCN3CCOCC3)CC2)=N1. The Bertz CT molecular complexity index is 1390. The zero-order valence-corrected chi connectivity index (χ0v) is 20.0. The minimum absolute atomic E-state index is 0.301. The van der Waals surface area contributed by atoms with E-state index >= 15 is 0 Å². The van der Waals surface area contributed by atoms with E-state index in [-0.39, 0.29) is 0 Å². The van der Waals surface area contributed by atoms with Gasteiger partial charge in [-0.1, -0.05) is 0 Å². The maximum atomic E-state index is 14.1. The molecule has 2 aromatic rings. The molecule has 1 amide bonds. The van der Waals surface area contributed by atoms with E-state index in [9.17, 15) is 14.3 Å². The van der Waals surface area contributed by atoms with Crippen LogP contribution in [0.25, 0.3) is 16.8 Å². The second-order valence-corrected chi connectivity index (χ2v) is 9.67. The number of ether oxygens (including phenoxy) is 2. The van der Waals surface area contributed by atoms with Crippen molar-refractivity contribution in [3.05, 3.63) is 40.2 Å². The normalized spacial score (nSPS) is 21.1. The van der Waals surface area contributed by atoms with Gasteiger partial charge in [-0.2, -0.15) is 0 Å². The topological polar surface area (TPSA) is 99.3 Å². The van der Waals surface area contributed by atoms with Crippen LogP contribution in [0.3, 0.4) is 0 Å². The van der Waals surface area contributed by atoms with Crippen molar-refractivity contribution >= 4 is 40.6 Å². The molecule has 9 nitrogen and oxygen atoms in total. The van der Waals surface area contributed by atoms with Crippen LogP contribution in [0.4, 0.5) is 10.1 Å². The van der Waals surface area contributed by atoms with Crippen LogP contribution in [-0.4, -0.2) is 97.7 Å². The smallest absolute Gasteiger partial charge is 0.278 e. The molecule has 4 aliphatic rings. The largest absolute Gasteiger partial charge is 0.387 e. The molecule has 4 aliphatic heterocycles. The van der Waals surface area contributed by atoms with E-state index in [4.69, 9.17) is 19.5 Å². The van der Waals surface area contributed by atoms with Gasteiger partial charge < -0.3 is 19.5 Å². The van der Waals surface area contributed by atoms with E-state index in [0.717, 1.165) is 32.8 Å². The van der Waals surface area contributed by atoms with E-state index in [1.165, 1.54) is 18.3 Å². The van der Waals surface area contributed by atoms with Gasteiger partial charge in [0.25, 0.3) is 5.91 Å². The fourth-order valence-corrected chi connectivity index (χ4v) is 5.23. The molecule has 0 saturated carbocycles. The van der Waals surface area contributed by atoms with Crippen LogP contribution in [0.1, 0.15) is 23.2 Å². The molecule has 0 aromatic heterocycles. The highest BCUT2D eigenvalue weighted by Gasteiger charge is 2.35. The molecule has 4 heterocycles. The van der Waals surface area contributed by atoms with Gasteiger partial charge in [-0.15, -0.1) is 0 Å². The van der Waals surface area contributed by atoms with Gasteiger partial charge in [-0.25, -0.2) is 19.4 Å². The first-order valence-corrected chi connectivity index (χ1v) is 12.4. The summed E-state index contributed by atoms with van der Waals surface area (Å²) in [6, 6.07) is 4.36. The van der Waals surface area contributed by atoms with Gasteiger partial charge in [-0.3, -0.25) is 9.69 Å². The average molecular weight is 494 g/mol. The second kappa shape index (κ2) is 9.44. The summed E-state index contributed by atoms with van der Waals surface area (Å²) in [4.78, 5) is 30.4. The van der Waals surface area contributed by atoms with Crippen LogP contribution >= 0.6 is 0 Å². The molecule has 0 aliphatic carbocycles. The number of aliphatic hydroxyl groups is 1. The Morgan fingerprint density at radius 1 is 1.11 bits per heavy atom. The molecular weight excluding hydrogens is 465 g/mol. The van der Waals surface area contributed by atoms with Crippen molar-refractivity contribution in [2.75, 3.05) is 59.2 Å². The van der Waals surface area contributed by atoms with Crippen molar-refractivity contribution in [1.29, 1.82) is 0 Å². The van der Waals surface area contributed by atoms with Crippen molar-refractivity contribution in [1.82, 2.24) is 9.80 Å². The van der Waals surface area contributed by atoms with Crippen LogP contribution in [0.15, 0.2) is 33.2 Å². The lowest BCUT2D eigenvalue weighted by Crippen LogP contribution is -2.49. The van der Waals surface area contributed by atoms with E-state index in [1.807, 2.05) is 4.90 Å². The first-order chi connectivity index (χ1) is 17.5. The van der Waals surface area contributed by atoms with Crippen LogP contribution in [0.5, 0.6) is 0 Å². The Balaban J connectivity index is 1.17. The molecule has 188 valence electrons. The number of hydrogen-bond donors (Lipinski definition) is 1. The third-order valence-corrected chi connectivity index (χ3v) is 7.33. The Hall–Kier alpha value is -3.05. The van der Waals surface area contributed by atoms with Crippen molar-refractivity contribution in [2.45, 2.75) is 18.4 Å². The highest BCUT2D eigenvalue weighted by atomic mass is 19.1. The van der Waals surface area contributed by atoms with Gasteiger partial charge in [0.15, 0.2) is 0 Å². The molecule has 10 heteroatoms. The Morgan fingerprint density at radius 2 is 1.92 bits per heavy atom. The monoisotopic (exact) mass is 493 g/mol. The number of aliphatic imine (C=N–C) groups is 2. The van der Waals surface area contributed by atoms with E-state index in [1.54, 1.807) is 12.1 Å². The Morgan fingerprint density at radius 3 is 2.72 bits per heavy atom. The number of rotatable bonds is 5. The number of carbonyl (C=O) groups is 1. The van der Waals surface area contributed by atoms with Gasteiger partial charge in [0.05, 0.1) is 37.6 Å². The molecule has 0 radical (unpaired) electrons. The fraction of sp³-hybridized carbons (Fsp3) is 0.462. The number of likely N-dealkylation sites (tertiary alicyclic amines) is 1. The summed E-state index contributed by atoms with van der Waals surface area (Å²) in [5, 5.41) is 13.4. The third-order valence-electron chi connectivity index (χ3n) is 7.33. The lowest BCUT2D eigenvalue weighted by molar-refractivity contribution is -0.0788. The molecular formula is C26H28FN5O4. The summed E-state index contributed by atoms with van der Waals surface area (Å²) in [5.41, 5.74) is 0.103. The zero-order valence-electron chi connectivity index (χ0n) is 20.0. The fourth-order valence-electron chi connectivity index (χ4n) is 5.23. The summed E-state index contributed by atoms with van der Waals surface area (Å²) in [7, 11) is 0. The summed E-state index contributed by atoms with van der Waals surface area (Å²) < 4.78 is 25.3. The third kappa shape index (κ3) is 4.34. The first kappa shape index (κ1) is 23.4. The quantitative estimate of drug-likeness (QED) is 0.619. The van der Waals surface area contributed by atoms with Crippen molar-refractivity contribution in [2.24, 2.45) is 15.0 Å². The number of fused-ring (bicyclic) bond motifs is 6. The molecule has 2 saturated heterocycles. The number of hydrogen-bond acceptors (Lipinski definition) is 8. The maximum absolute atomic E-state index is 14.1. The number of piperidine rings is 1. The highest BCUT2D eigenvalue weighted by molar-refractivity contribution is 6.17. The maximum Gasteiger partial charge on any atom is 0.278 e. The van der Waals surface area contributed by atoms with Crippen molar-refractivity contribution in [3.8, 4) is 0 Å². The number of halogens is 1. The summed E-state index contributed by atoms with van der Waals surface area (Å²) in [6.07, 6.45) is 4.25. The van der Waals surface area contributed by atoms with E-state index in [2.05, 4.69) is 9.89 Å². The molecule has 2 fully saturated rings. The van der Waals surface area contributed by atoms with Crippen molar-refractivity contribution < 1.29 is 23.8 Å². The minimum Gasteiger partial charge on any atom is -0.387 e. The highest BCUT2D eigenvalue weighted by Crippen LogP contribution is 2.30. The number of benzene rings is 2. The van der Waals surface area contributed by atoms with Crippen LogP contribution in [-0.2, 0) is 9.47 Å². The average Bonchev–Trinajstić information content (AvgIpc) is 3.33. The zero-order chi connectivity index (χ0) is 24.7. The molecule has 1 N–H and O–H groups in total. The molecule has 0 bridgehead atoms. The van der Waals surface area contributed by atoms with Gasteiger partial charge in [-0.05, 0) is 37.1 Å². The van der Waals surface area contributed by atoms with Crippen molar-refractivity contribution in [3.63, 3.8) is 0 Å². The number of carbonyl (C=O) groups excluding carboxylic acids is 1. The Labute approximate surface area is 207 Å². The van der Waals surface area contributed by atoms with Gasteiger partial charge >= 0.3 is 0 Å². The summed E-state index contributed by atoms with van der Waals surface area (Å²) in [5.74, 6) is -0.289. The van der Waals surface area contributed by atoms with E-state index < -0.39 is 17.3 Å². The van der Waals surface area contributed by atoms with Crippen LogP contribution in [0.2, 0.25) is 0 Å². The van der Waals surface area contributed by atoms with Gasteiger partial charge in [0, 0.05) is 54.9 Å². The van der Waals surface area contributed by atoms with Gasteiger partial charge in [0.2, 0.25) is 5.96 Å². The summed E-state index contributed by atoms with van der Waals surface area (Å²) in [6.45, 7) is 6.25. The molecule has 0 unspecified atom stereocenters. The predicted molar refractivity (Wildman–Crippen MR) is 133 cm³/mol. The Kier molecular flexibility index (Phi) is 6.12. The molecule has 0 spiro atoms. The van der Waals surface area contributed by atoms with Gasteiger partial charge in [0.1, 0.15) is 16.9 Å².